The van der Waals surface area contributed by atoms with Crippen molar-refractivity contribution in [1.29, 1.82) is 0 Å². The summed E-state index contributed by atoms with van der Waals surface area (Å²) in [7, 11) is -1.92. The fourth-order valence-corrected chi connectivity index (χ4v) is 2.44. The summed E-state index contributed by atoms with van der Waals surface area (Å²) in [4.78, 5) is 0. The van der Waals surface area contributed by atoms with Gasteiger partial charge in [-0.25, -0.2) is 0 Å². The Morgan fingerprint density at radius 1 is 1.44 bits per heavy atom. The van der Waals surface area contributed by atoms with E-state index in [1.54, 1.807) is 11.8 Å². The Balaban J connectivity index is 2.07. The quantitative estimate of drug-likeness (QED) is 0.604. The van der Waals surface area contributed by atoms with Crippen LogP contribution in [0.15, 0.2) is 30.3 Å². The Morgan fingerprint density at radius 2 is 2.12 bits per heavy atom. The van der Waals surface area contributed by atoms with Crippen LogP contribution in [0.3, 0.4) is 0 Å². The second-order valence-electron chi connectivity index (χ2n) is 3.29. The number of hydrogen-bond acceptors (Lipinski definition) is 4. The van der Waals surface area contributed by atoms with Gasteiger partial charge in [-0.2, -0.15) is 11.8 Å². The molecule has 0 fully saturated rings. The molecule has 0 aliphatic heterocycles. The van der Waals surface area contributed by atoms with Crippen LogP contribution in [0.4, 0.5) is 0 Å². The lowest BCUT2D eigenvalue weighted by Crippen LogP contribution is -1.98. The van der Waals surface area contributed by atoms with Crippen molar-refractivity contribution >= 4 is 19.8 Å². The van der Waals surface area contributed by atoms with Crippen LogP contribution >= 0.6 is 19.8 Å². The van der Waals surface area contributed by atoms with Gasteiger partial charge in [0.25, 0.3) is 5.85 Å². The lowest BCUT2D eigenvalue weighted by Gasteiger charge is -1.99. The van der Waals surface area contributed by atoms with Crippen LogP contribution in [0.5, 0.6) is 0 Å². The van der Waals surface area contributed by atoms with Gasteiger partial charge >= 0.3 is 8.03 Å². The third kappa shape index (κ3) is 5.61. The number of rotatable bonds is 7. The highest BCUT2D eigenvalue weighted by Crippen LogP contribution is 2.27. The van der Waals surface area contributed by atoms with Gasteiger partial charge in [0.1, 0.15) is 6.61 Å². The molecule has 2 unspecified atom stereocenters. The predicted octanol–water partition coefficient (Wildman–Crippen LogP) is 3.02. The summed E-state index contributed by atoms with van der Waals surface area (Å²) in [6.07, 6.45) is 0. The number of hydrogen-bond donors (Lipinski definition) is 1. The fourth-order valence-electron chi connectivity index (χ4n) is 1.06. The second-order valence-corrected chi connectivity index (χ2v) is 5.97. The molecule has 3 nitrogen and oxygen atoms in total. The monoisotopic (exact) mass is 259 g/mol. The molecule has 0 radical (unpaired) electrons. The lowest BCUT2D eigenvalue weighted by molar-refractivity contribution is 0.237. The molecule has 0 aliphatic rings. The number of aliphatic hydroxyl groups is 1. The first-order valence-corrected chi connectivity index (χ1v) is 7.49. The van der Waals surface area contributed by atoms with Gasteiger partial charge in [-0.05, 0) is 10.1 Å². The molecule has 1 N–H and O–H groups in total. The van der Waals surface area contributed by atoms with Crippen molar-refractivity contribution in [3.63, 3.8) is 0 Å². The highest BCUT2D eigenvalue weighted by atomic mass is 32.2. The number of thioether (sulfide) groups is 1. The maximum atomic E-state index is 11.0. The van der Waals surface area contributed by atoms with Crippen molar-refractivity contribution in [3.05, 3.63) is 35.9 Å². The van der Waals surface area contributed by atoms with Gasteiger partial charge < -0.3 is 5.11 Å². The van der Waals surface area contributed by atoms with E-state index in [0.29, 0.717) is 6.61 Å². The number of aliphatic hydroxyl groups excluding tert-OH is 1. The van der Waals surface area contributed by atoms with E-state index in [1.807, 2.05) is 18.2 Å². The van der Waals surface area contributed by atoms with E-state index < -0.39 is 13.9 Å². The average molecular weight is 259 g/mol. The summed E-state index contributed by atoms with van der Waals surface area (Å²) >= 11 is 1.72. The minimum Gasteiger partial charge on any atom is -0.349 e. The Bertz CT molecular complexity index is 316. The van der Waals surface area contributed by atoms with E-state index in [-0.39, 0.29) is 0 Å². The molecule has 0 amide bonds. The molecule has 16 heavy (non-hydrogen) atoms. The van der Waals surface area contributed by atoms with Gasteiger partial charge in [-0.15, -0.1) is 4.52 Å². The minimum absolute atomic E-state index is 0.414. The first-order valence-electron chi connectivity index (χ1n) is 5.09. The number of benzene rings is 1. The van der Waals surface area contributed by atoms with Crippen LogP contribution in [0.2, 0.25) is 0 Å². The van der Waals surface area contributed by atoms with E-state index in [2.05, 4.69) is 12.1 Å². The molecule has 0 aliphatic carbocycles. The zero-order chi connectivity index (χ0) is 11.8. The maximum Gasteiger partial charge on any atom is 0.539 e. The Morgan fingerprint density at radius 3 is 2.75 bits per heavy atom. The molecule has 0 spiro atoms. The third-order valence-electron chi connectivity index (χ3n) is 1.86. The first-order chi connectivity index (χ1) is 7.70. The van der Waals surface area contributed by atoms with E-state index in [1.165, 1.54) is 12.5 Å². The zero-order valence-electron chi connectivity index (χ0n) is 9.20. The molecule has 0 heterocycles. The smallest absolute Gasteiger partial charge is 0.349 e. The van der Waals surface area contributed by atoms with Crippen molar-refractivity contribution in [3.8, 4) is 0 Å². The Labute approximate surface area is 101 Å². The molecule has 1 aromatic carbocycles. The molecule has 1 aromatic rings. The van der Waals surface area contributed by atoms with Gasteiger partial charge in [0, 0.05) is 18.4 Å². The van der Waals surface area contributed by atoms with Crippen LogP contribution in [-0.2, 0) is 14.8 Å². The Hall–Kier alpha value is -0.410. The van der Waals surface area contributed by atoms with Crippen LogP contribution in [-0.4, -0.2) is 23.3 Å². The van der Waals surface area contributed by atoms with Crippen molar-refractivity contribution in [2.75, 3.05) is 12.4 Å². The van der Waals surface area contributed by atoms with Gasteiger partial charge in [0.05, 0.1) is 0 Å². The van der Waals surface area contributed by atoms with Crippen molar-refractivity contribution < 1.29 is 14.2 Å². The molecule has 1 rings (SSSR count). The fraction of sp³-hybridized carbons (Fsp3) is 0.455. The minimum atomic E-state index is -1.92. The summed E-state index contributed by atoms with van der Waals surface area (Å²) < 4.78 is 16.0. The van der Waals surface area contributed by atoms with E-state index in [9.17, 15) is 4.57 Å². The van der Waals surface area contributed by atoms with E-state index in [0.717, 1.165) is 11.5 Å². The van der Waals surface area contributed by atoms with Crippen LogP contribution in [0.25, 0.3) is 0 Å². The first kappa shape index (κ1) is 13.7. The van der Waals surface area contributed by atoms with E-state index >= 15 is 0 Å². The van der Waals surface area contributed by atoms with E-state index in [4.69, 9.17) is 9.63 Å². The molecule has 88 valence electrons. The lowest BCUT2D eigenvalue weighted by atomic mass is 10.2. The third-order valence-corrected chi connectivity index (χ3v) is 3.90. The molecular weight excluding hydrogens is 243 g/mol. The normalized spacial score (nSPS) is 13.5. The molecule has 0 bridgehead atoms. The summed E-state index contributed by atoms with van der Waals surface area (Å²) in [5, 5.41) is 8.94. The second kappa shape index (κ2) is 7.80. The van der Waals surface area contributed by atoms with Crippen LogP contribution < -0.4 is 0 Å². The summed E-state index contributed by atoms with van der Waals surface area (Å²) in [6, 6.07) is 10.2. The molecule has 2 atom stereocenters. The standard InChI is InChI=1S/C11H16O3PS/c1-10(12)15(13)14-7-8-16-9-11-5-3-2-4-6-11/h2-6,10,12H,7-9H2,1H3/q+1. The highest BCUT2D eigenvalue weighted by Gasteiger charge is 2.24. The van der Waals surface area contributed by atoms with Crippen LogP contribution in [0, 0.1) is 0 Å². The van der Waals surface area contributed by atoms with Gasteiger partial charge in [0.15, 0.2) is 0 Å². The molecule has 0 saturated heterocycles. The van der Waals surface area contributed by atoms with Crippen LogP contribution in [0.1, 0.15) is 12.5 Å². The maximum absolute atomic E-state index is 11.0. The molecular formula is C11H16O3PS+. The van der Waals surface area contributed by atoms with Crippen molar-refractivity contribution in [2.45, 2.75) is 18.5 Å². The van der Waals surface area contributed by atoms with Gasteiger partial charge in [-0.1, -0.05) is 30.3 Å². The van der Waals surface area contributed by atoms with Crippen molar-refractivity contribution in [2.24, 2.45) is 0 Å². The van der Waals surface area contributed by atoms with Gasteiger partial charge in [-0.3, -0.25) is 0 Å². The summed E-state index contributed by atoms with van der Waals surface area (Å²) in [5.74, 6) is 0.826. The Kier molecular flexibility index (Phi) is 6.65. The highest BCUT2D eigenvalue weighted by molar-refractivity contribution is 7.98. The molecule has 5 heteroatoms. The summed E-state index contributed by atoms with van der Waals surface area (Å²) in [6.45, 7) is 1.88. The zero-order valence-corrected chi connectivity index (χ0v) is 10.9. The average Bonchev–Trinajstić information content (AvgIpc) is 2.29. The molecule has 0 saturated carbocycles. The topological polar surface area (TPSA) is 46.5 Å². The SMILES string of the molecule is CC(O)[P+](=O)OCCSCc1ccccc1. The predicted molar refractivity (Wildman–Crippen MR) is 67.8 cm³/mol. The summed E-state index contributed by atoms with van der Waals surface area (Å²) in [5.41, 5.74) is 1.27. The van der Waals surface area contributed by atoms with Gasteiger partial charge in [0.2, 0.25) is 0 Å². The van der Waals surface area contributed by atoms with Crippen molar-refractivity contribution in [1.82, 2.24) is 0 Å². The molecule has 0 aromatic heterocycles. The largest absolute Gasteiger partial charge is 0.539 e.